The topological polar surface area (TPSA) is 220 Å². The summed E-state index contributed by atoms with van der Waals surface area (Å²) in [5.41, 5.74) is 1.64. The lowest BCUT2D eigenvalue weighted by atomic mass is 9.95. The molecule has 330 valence electrons. The van der Waals surface area contributed by atoms with Gasteiger partial charge in [-0.25, -0.2) is 9.59 Å². The third-order valence-electron chi connectivity index (χ3n) is 10.0. The van der Waals surface area contributed by atoms with Crippen LogP contribution in [0.5, 0.6) is 0 Å². The van der Waals surface area contributed by atoms with Gasteiger partial charge in [0.05, 0.1) is 22.3 Å². The Balaban J connectivity index is 1.22. The zero-order valence-electron chi connectivity index (χ0n) is 35.5. The average Bonchev–Trinajstić information content (AvgIpc) is 3.34. The van der Waals surface area contributed by atoms with Gasteiger partial charge in [-0.2, -0.15) is 0 Å². The third-order valence-corrected chi connectivity index (χ3v) is 10.0. The Kier molecular flexibility index (Phi) is 14.6. The van der Waals surface area contributed by atoms with Gasteiger partial charge in [0.1, 0.15) is 0 Å². The fraction of sp³-hybridized carbons (Fsp3) is 0.0784. The molecule has 0 saturated carbocycles. The minimum absolute atomic E-state index is 0.0896. The fourth-order valence-corrected chi connectivity index (χ4v) is 6.47. The molecule has 6 aromatic rings. The van der Waals surface area contributed by atoms with Crippen molar-refractivity contribution in [2.24, 2.45) is 0 Å². The molecule has 0 aliphatic rings. The van der Waals surface area contributed by atoms with E-state index in [1.807, 2.05) is 37.3 Å². The Bertz CT molecular complexity index is 2990. The van der Waals surface area contributed by atoms with Gasteiger partial charge in [-0.3, -0.25) is 33.6 Å². The highest BCUT2D eigenvalue weighted by molar-refractivity contribution is 6.17. The third kappa shape index (κ3) is 10.9. The van der Waals surface area contributed by atoms with Crippen LogP contribution < -0.4 is 21.3 Å². The lowest BCUT2D eigenvalue weighted by molar-refractivity contribution is -0.118. The molecule has 4 amide bonds. The van der Waals surface area contributed by atoms with Crippen molar-refractivity contribution in [2.75, 3.05) is 36.2 Å². The van der Waals surface area contributed by atoms with Crippen molar-refractivity contribution in [2.45, 2.75) is 6.92 Å². The van der Waals surface area contributed by atoms with Crippen LogP contribution in [0, 0.1) is 6.92 Å². The standard InChI is InChI=1S/C51H40N4O11/c1-5-35(56)27-65-50(63)39-21-17-32(25-41(39)48(61)52-4)45(58)33-18-22-40(51(64)66-28-36(57)6-2)42(26-33)49(62)53-34-19-15-31(16-20-34)47(60)55-44-24-23-43(37-9-7-8-10-38(37)44)54-46(59)30-13-11-29(3)12-14-30/h5-26H,1-2,27-28H2,3-4H3,(H,52,61)(H,53,62)(H,54,59)(H,55,60). The van der Waals surface area contributed by atoms with Crippen LogP contribution >= 0.6 is 0 Å². The second kappa shape index (κ2) is 20.8. The van der Waals surface area contributed by atoms with Crippen molar-refractivity contribution in [1.82, 2.24) is 5.32 Å². The number of ether oxygens (including phenoxy) is 2. The number of amides is 4. The summed E-state index contributed by atoms with van der Waals surface area (Å²) in [5, 5.41) is 12.2. The molecule has 0 heterocycles. The van der Waals surface area contributed by atoms with Gasteiger partial charge in [0, 0.05) is 57.1 Å². The van der Waals surface area contributed by atoms with E-state index in [1.54, 1.807) is 30.3 Å². The average molecular weight is 885 g/mol. The predicted molar refractivity (Wildman–Crippen MR) is 246 cm³/mol. The van der Waals surface area contributed by atoms with Crippen LogP contribution in [0.15, 0.2) is 147 Å². The summed E-state index contributed by atoms with van der Waals surface area (Å²) in [7, 11) is 1.31. The van der Waals surface area contributed by atoms with Crippen molar-refractivity contribution in [3.05, 3.63) is 197 Å². The molecule has 6 rings (SSSR count). The van der Waals surface area contributed by atoms with E-state index in [2.05, 4.69) is 34.4 Å². The van der Waals surface area contributed by atoms with E-state index in [0.717, 1.165) is 35.9 Å². The van der Waals surface area contributed by atoms with Gasteiger partial charge in [0.15, 0.2) is 30.6 Å². The Morgan fingerprint density at radius 3 is 1.35 bits per heavy atom. The molecular formula is C51H40N4O11. The first-order valence-electron chi connectivity index (χ1n) is 20.0. The van der Waals surface area contributed by atoms with Gasteiger partial charge < -0.3 is 30.7 Å². The van der Waals surface area contributed by atoms with Crippen molar-refractivity contribution in [3.63, 3.8) is 0 Å². The van der Waals surface area contributed by atoms with Crippen LogP contribution in [-0.4, -0.2) is 73.2 Å². The summed E-state index contributed by atoms with van der Waals surface area (Å²) in [6.07, 6.45) is 1.92. The zero-order valence-corrected chi connectivity index (χ0v) is 35.5. The number of benzene rings is 6. The smallest absolute Gasteiger partial charge is 0.339 e. The maximum atomic E-state index is 13.9. The molecule has 15 nitrogen and oxygen atoms in total. The number of ketones is 3. The van der Waals surface area contributed by atoms with Crippen molar-refractivity contribution in [3.8, 4) is 0 Å². The first-order valence-corrected chi connectivity index (χ1v) is 20.0. The number of carbonyl (C=O) groups excluding carboxylic acids is 9. The summed E-state index contributed by atoms with van der Waals surface area (Å²) in [5.74, 6) is -6.35. The van der Waals surface area contributed by atoms with Crippen LogP contribution in [0.1, 0.15) is 83.6 Å². The van der Waals surface area contributed by atoms with E-state index in [4.69, 9.17) is 9.47 Å². The number of esters is 2. The zero-order chi connectivity index (χ0) is 47.5. The number of hydrogen-bond acceptors (Lipinski definition) is 11. The summed E-state index contributed by atoms with van der Waals surface area (Å²) >= 11 is 0. The summed E-state index contributed by atoms with van der Waals surface area (Å²) in [6, 6.07) is 30.7. The highest BCUT2D eigenvalue weighted by atomic mass is 16.5. The van der Waals surface area contributed by atoms with Crippen LogP contribution in [-0.2, 0) is 19.1 Å². The molecule has 0 aromatic heterocycles. The van der Waals surface area contributed by atoms with Crippen LogP contribution in [0.3, 0.4) is 0 Å². The van der Waals surface area contributed by atoms with Crippen molar-refractivity contribution in [1.29, 1.82) is 0 Å². The summed E-state index contributed by atoms with van der Waals surface area (Å²) < 4.78 is 10.1. The van der Waals surface area contributed by atoms with Gasteiger partial charge in [0.25, 0.3) is 23.6 Å². The Morgan fingerprint density at radius 1 is 0.485 bits per heavy atom. The van der Waals surface area contributed by atoms with E-state index in [-0.39, 0.29) is 50.5 Å². The van der Waals surface area contributed by atoms with Crippen molar-refractivity contribution >= 4 is 80.8 Å². The molecule has 0 unspecified atom stereocenters. The van der Waals surface area contributed by atoms with E-state index in [9.17, 15) is 43.2 Å². The first kappa shape index (κ1) is 46.4. The van der Waals surface area contributed by atoms with Crippen molar-refractivity contribution < 1.29 is 52.6 Å². The van der Waals surface area contributed by atoms with Crippen LogP contribution in [0.4, 0.5) is 17.1 Å². The molecular weight excluding hydrogens is 845 g/mol. The van der Waals surface area contributed by atoms with Gasteiger partial charge in [0.2, 0.25) is 0 Å². The number of aryl methyl sites for hydroxylation is 1. The lowest BCUT2D eigenvalue weighted by Gasteiger charge is -2.14. The molecule has 0 aliphatic heterocycles. The molecule has 0 fully saturated rings. The number of carbonyl (C=O) groups is 9. The number of anilines is 3. The van der Waals surface area contributed by atoms with Gasteiger partial charge in [-0.05, 0) is 91.9 Å². The van der Waals surface area contributed by atoms with E-state index >= 15 is 0 Å². The number of nitrogens with one attached hydrogen (secondary N) is 4. The molecule has 0 aliphatic carbocycles. The predicted octanol–water partition coefficient (Wildman–Crippen LogP) is 7.32. The number of hydrogen-bond donors (Lipinski definition) is 4. The Hall–Kier alpha value is -9.11. The maximum Gasteiger partial charge on any atom is 0.339 e. The van der Waals surface area contributed by atoms with E-state index in [1.165, 1.54) is 49.5 Å². The molecule has 15 heteroatoms. The molecule has 0 saturated heterocycles. The highest BCUT2D eigenvalue weighted by Gasteiger charge is 2.25. The number of fused-ring (bicyclic) bond motifs is 1. The van der Waals surface area contributed by atoms with Gasteiger partial charge in [-0.15, -0.1) is 0 Å². The van der Waals surface area contributed by atoms with Crippen LogP contribution in [0.2, 0.25) is 0 Å². The monoisotopic (exact) mass is 884 g/mol. The minimum Gasteiger partial charge on any atom is -0.454 e. The molecule has 6 aromatic carbocycles. The molecule has 4 N–H and O–H groups in total. The SMILES string of the molecule is C=CC(=O)COC(=O)c1ccc(C(=O)c2ccc(C(=O)OCC(=O)C=C)c(C(=O)Nc3ccc(C(=O)Nc4ccc(NC(=O)c5ccc(C)cc5)c5ccccc45)cc3)c2)cc1C(=O)NC. The first-order chi connectivity index (χ1) is 31.7. The van der Waals surface area contributed by atoms with Crippen LogP contribution in [0.25, 0.3) is 10.8 Å². The minimum atomic E-state index is -1.06. The molecule has 0 radical (unpaired) electrons. The van der Waals surface area contributed by atoms with E-state index < -0.39 is 60.2 Å². The lowest BCUT2D eigenvalue weighted by Crippen LogP contribution is -2.23. The van der Waals surface area contributed by atoms with Gasteiger partial charge >= 0.3 is 11.9 Å². The molecule has 0 spiro atoms. The maximum absolute atomic E-state index is 13.9. The Labute approximate surface area is 377 Å². The second-order valence-electron chi connectivity index (χ2n) is 14.4. The largest absolute Gasteiger partial charge is 0.454 e. The Morgan fingerprint density at radius 2 is 0.909 bits per heavy atom. The molecule has 0 bridgehead atoms. The van der Waals surface area contributed by atoms with Gasteiger partial charge in [-0.1, -0.05) is 67.3 Å². The highest BCUT2D eigenvalue weighted by Crippen LogP contribution is 2.31. The normalized spacial score (nSPS) is 10.5. The molecule has 66 heavy (non-hydrogen) atoms. The second-order valence-corrected chi connectivity index (χ2v) is 14.4. The summed E-state index contributed by atoms with van der Waals surface area (Å²) in [6.45, 7) is 7.30. The molecule has 0 atom stereocenters. The summed E-state index contributed by atoms with van der Waals surface area (Å²) in [4.78, 5) is 117. The number of rotatable bonds is 17. The fourth-order valence-electron chi connectivity index (χ4n) is 6.47. The quantitative estimate of drug-likeness (QED) is 0.0404. The van der Waals surface area contributed by atoms with E-state index in [0.29, 0.717) is 27.7 Å².